The van der Waals surface area contributed by atoms with Crippen LogP contribution in [0, 0.1) is 0 Å². The van der Waals surface area contributed by atoms with Crippen molar-refractivity contribution in [1.29, 1.82) is 0 Å². The maximum atomic E-state index is 13.2. The monoisotopic (exact) mass is 431 g/mol. The molecule has 1 heterocycles. The molecule has 0 aromatic heterocycles. The molecule has 1 amide bonds. The quantitative estimate of drug-likeness (QED) is 0.710. The Morgan fingerprint density at radius 2 is 1.68 bits per heavy atom. The number of sulfone groups is 1. The van der Waals surface area contributed by atoms with E-state index in [-0.39, 0.29) is 25.3 Å². The van der Waals surface area contributed by atoms with Gasteiger partial charge in [-0.2, -0.15) is 13.2 Å². The zero-order chi connectivity index (χ0) is 20.5. The van der Waals surface area contributed by atoms with E-state index in [1.54, 1.807) is 24.3 Å². The van der Waals surface area contributed by atoms with Crippen molar-refractivity contribution in [3.05, 3.63) is 70.2 Å². The number of rotatable bonds is 2. The first-order chi connectivity index (χ1) is 13.1. The standard InChI is InChI=1S/C19H17ClF3NO3S/c20-16-8-4-2-6-14(16)17-9-10-24(11-12-28(17,26)27)18(25)13-5-1-3-7-15(13)19(21,22)23/h1-8,17H,9-12H2. The van der Waals surface area contributed by atoms with Gasteiger partial charge in [0.1, 0.15) is 0 Å². The highest BCUT2D eigenvalue weighted by atomic mass is 35.5. The Balaban J connectivity index is 1.90. The number of halogens is 4. The van der Waals surface area contributed by atoms with Crippen LogP contribution in [0.3, 0.4) is 0 Å². The van der Waals surface area contributed by atoms with Gasteiger partial charge >= 0.3 is 6.18 Å². The van der Waals surface area contributed by atoms with E-state index in [0.717, 1.165) is 12.1 Å². The smallest absolute Gasteiger partial charge is 0.338 e. The molecular formula is C19H17ClF3NO3S. The van der Waals surface area contributed by atoms with Crippen molar-refractivity contribution >= 4 is 27.3 Å². The summed E-state index contributed by atoms with van der Waals surface area (Å²) in [6.07, 6.45) is -4.61. The second-order valence-electron chi connectivity index (χ2n) is 6.50. The zero-order valence-corrected chi connectivity index (χ0v) is 16.2. The second-order valence-corrected chi connectivity index (χ2v) is 9.21. The van der Waals surface area contributed by atoms with Gasteiger partial charge in [0, 0.05) is 18.1 Å². The number of alkyl halides is 3. The average molecular weight is 432 g/mol. The fraction of sp³-hybridized carbons (Fsp3) is 0.316. The highest BCUT2D eigenvalue weighted by Crippen LogP contribution is 2.35. The summed E-state index contributed by atoms with van der Waals surface area (Å²) < 4.78 is 65.1. The minimum absolute atomic E-state index is 0.0140. The van der Waals surface area contributed by atoms with E-state index in [1.165, 1.54) is 17.0 Å². The predicted octanol–water partition coefficient (Wildman–Crippen LogP) is 4.36. The van der Waals surface area contributed by atoms with Crippen LogP contribution in [-0.4, -0.2) is 38.1 Å². The lowest BCUT2D eigenvalue weighted by Gasteiger charge is -2.22. The molecule has 2 aromatic rings. The van der Waals surface area contributed by atoms with Crippen molar-refractivity contribution in [1.82, 2.24) is 4.90 Å². The van der Waals surface area contributed by atoms with E-state index in [1.807, 2.05) is 0 Å². The molecule has 1 unspecified atom stereocenters. The molecular weight excluding hydrogens is 415 g/mol. The van der Waals surface area contributed by atoms with Crippen molar-refractivity contribution in [3.8, 4) is 0 Å². The molecule has 0 saturated carbocycles. The van der Waals surface area contributed by atoms with Gasteiger partial charge in [-0.3, -0.25) is 4.79 Å². The first-order valence-corrected chi connectivity index (χ1v) is 10.6. The molecule has 28 heavy (non-hydrogen) atoms. The molecule has 1 aliphatic rings. The van der Waals surface area contributed by atoms with Gasteiger partial charge < -0.3 is 4.90 Å². The number of carbonyl (C=O) groups is 1. The summed E-state index contributed by atoms with van der Waals surface area (Å²) >= 11 is 6.13. The third-order valence-electron chi connectivity index (χ3n) is 4.74. The van der Waals surface area contributed by atoms with Gasteiger partial charge in [0.2, 0.25) is 0 Å². The summed E-state index contributed by atoms with van der Waals surface area (Å²) in [5.74, 6) is -1.18. The van der Waals surface area contributed by atoms with Gasteiger partial charge in [0.05, 0.1) is 22.1 Å². The molecule has 0 spiro atoms. The van der Waals surface area contributed by atoms with Gasteiger partial charge in [0.25, 0.3) is 5.91 Å². The number of hydrogen-bond acceptors (Lipinski definition) is 3. The van der Waals surface area contributed by atoms with Crippen LogP contribution in [0.1, 0.15) is 33.2 Å². The van der Waals surface area contributed by atoms with Crippen LogP contribution in [-0.2, 0) is 16.0 Å². The molecule has 1 atom stereocenters. The fourth-order valence-corrected chi connectivity index (χ4v) is 5.47. The molecule has 1 fully saturated rings. The Labute approximate surface area is 165 Å². The zero-order valence-electron chi connectivity index (χ0n) is 14.6. The van der Waals surface area contributed by atoms with Crippen LogP contribution in [0.15, 0.2) is 48.5 Å². The Hall–Kier alpha value is -2.06. The fourth-order valence-electron chi connectivity index (χ4n) is 3.32. The van der Waals surface area contributed by atoms with Gasteiger partial charge in [-0.15, -0.1) is 0 Å². The van der Waals surface area contributed by atoms with Crippen LogP contribution in [0.5, 0.6) is 0 Å². The summed E-state index contributed by atoms with van der Waals surface area (Å²) in [5, 5.41) is -0.602. The van der Waals surface area contributed by atoms with E-state index in [0.29, 0.717) is 10.6 Å². The summed E-state index contributed by atoms with van der Waals surface area (Å²) in [7, 11) is -3.62. The van der Waals surface area contributed by atoms with E-state index in [9.17, 15) is 26.4 Å². The van der Waals surface area contributed by atoms with Gasteiger partial charge in [-0.25, -0.2) is 8.42 Å². The molecule has 2 aromatic carbocycles. The van der Waals surface area contributed by atoms with Crippen molar-refractivity contribution in [2.24, 2.45) is 0 Å². The summed E-state index contributed by atoms with van der Waals surface area (Å²) in [6, 6.07) is 11.1. The molecule has 4 nitrogen and oxygen atoms in total. The SMILES string of the molecule is O=C(c1ccccc1C(F)(F)F)N1CCC(c2ccccc2Cl)S(=O)(=O)CC1. The topological polar surface area (TPSA) is 54.5 Å². The van der Waals surface area contributed by atoms with Crippen molar-refractivity contribution < 1.29 is 26.4 Å². The van der Waals surface area contributed by atoms with Crippen LogP contribution >= 0.6 is 11.6 Å². The Morgan fingerprint density at radius 1 is 1.04 bits per heavy atom. The lowest BCUT2D eigenvalue weighted by atomic mass is 10.0. The second kappa shape index (κ2) is 7.75. The molecule has 150 valence electrons. The Kier molecular flexibility index (Phi) is 5.72. The maximum absolute atomic E-state index is 13.2. The molecule has 1 saturated heterocycles. The average Bonchev–Trinajstić information content (AvgIpc) is 2.79. The van der Waals surface area contributed by atoms with Crippen LogP contribution in [0.4, 0.5) is 13.2 Å². The molecule has 0 N–H and O–H groups in total. The van der Waals surface area contributed by atoms with Crippen molar-refractivity contribution in [2.75, 3.05) is 18.8 Å². The lowest BCUT2D eigenvalue weighted by molar-refractivity contribution is -0.138. The maximum Gasteiger partial charge on any atom is 0.417 e. The van der Waals surface area contributed by atoms with Crippen molar-refractivity contribution in [2.45, 2.75) is 17.8 Å². The molecule has 0 aliphatic carbocycles. The number of hydrogen-bond donors (Lipinski definition) is 0. The Bertz CT molecular complexity index is 992. The highest BCUT2D eigenvalue weighted by Gasteiger charge is 2.38. The van der Waals surface area contributed by atoms with Gasteiger partial charge in [-0.05, 0) is 30.2 Å². The molecule has 0 bridgehead atoms. The molecule has 9 heteroatoms. The third kappa shape index (κ3) is 4.17. The minimum Gasteiger partial charge on any atom is -0.338 e. The van der Waals surface area contributed by atoms with Gasteiger partial charge in [0.15, 0.2) is 9.84 Å². The number of nitrogens with zero attached hydrogens (tertiary/aromatic N) is 1. The molecule has 0 radical (unpaired) electrons. The van der Waals surface area contributed by atoms with Crippen LogP contribution < -0.4 is 0 Å². The first kappa shape index (κ1) is 20.7. The first-order valence-electron chi connectivity index (χ1n) is 8.53. The van der Waals surface area contributed by atoms with Crippen LogP contribution in [0.2, 0.25) is 5.02 Å². The van der Waals surface area contributed by atoms with Gasteiger partial charge in [-0.1, -0.05) is 41.9 Å². The molecule has 3 rings (SSSR count). The third-order valence-corrected chi connectivity index (χ3v) is 7.20. The van der Waals surface area contributed by atoms with Crippen LogP contribution in [0.25, 0.3) is 0 Å². The minimum atomic E-state index is -4.68. The summed E-state index contributed by atoms with van der Waals surface area (Å²) in [5.41, 5.74) is -1.08. The summed E-state index contributed by atoms with van der Waals surface area (Å²) in [4.78, 5) is 13.9. The summed E-state index contributed by atoms with van der Waals surface area (Å²) in [6.45, 7) is -0.158. The largest absolute Gasteiger partial charge is 0.417 e. The number of carbonyl (C=O) groups excluding carboxylic acids is 1. The molecule has 1 aliphatic heterocycles. The highest BCUT2D eigenvalue weighted by molar-refractivity contribution is 7.91. The lowest BCUT2D eigenvalue weighted by Crippen LogP contribution is -2.34. The van der Waals surface area contributed by atoms with E-state index < -0.39 is 38.3 Å². The normalized spacial score (nSPS) is 19.9. The predicted molar refractivity (Wildman–Crippen MR) is 99.9 cm³/mol. The Morgan fingerprint density at radius 3 is 2.36 bits per heavy atom. The van der Waals surface area contributed by atoms with Crippen molar-refractivity contribution in [3.63, 3.8) is 0 Å². The number of benzene rings is 2. The number of amides is 1. The van der Waals surface area contributed by atoms with E-state index >= 15 is 0 Å². The van der Waals surface area contributed by atoms with E-state index in [2.05, 4.69) is 0 Å². The van der Waals surface area contributed by atoms with E-state index in [4.69, 9.17) is 11.6 Å².